The molecule has 0 heterocycles. The zero-order valence-corrected chi connectivity index (χ0v) is 11.7. The first-order valence-corrected chi connectivity index (χ1v) is 5.95. The molecule has 0 unspecified atom stereocenters. The largest absolute Gasteiger partial charge is 0.0961 e. The van der Waals surface area contributed by atoms with Gasteiger partial charge in [-0.05, 0) is 31.1 Å². The maximum absolute atomic E-state index is 3.93. The Morgan fingerprint density at radius 3 is 1.87 bits per heavy atom. The molecule has 0 heteroatoms. The zero-order chi connectivity index (χ0) is 12.3. The van der Waals surface area contributed by atoms with Gasteiger partial charge >= 0.3 is 0 Å². The molecule has 88 valence electrons. The fraction of sp³-hybridized carbons (Fsp3) is 0.733. The molecule has 15 heavy (non-hydrogen) atoms. The summed E-state index contributed by atoms with van der Waals surface area (Å²) in [6.45, 7) is 19.9. The van der Waals surface area contributed by atoms with Gasteiger partial charge in [0.1, 0.15) is 0 Å². The van der Waals surface area contributed by atoms with Crippen LogP contribution in [0.5, 0.6) is 0 Å². The quantitative estimate of drug-likeness (QED) is 0.533. The summed E-state index contributed by atoms with van der Waals surface area (Å²) in [6.07, 6.45) is 4.58. The van der Waals surface area contributed by atoms with E-state index in [9.17, 15) is 0 Å². The average molecular weight is 208 g/mol. The van der Waals surface area contributed by atoms with Crippen molar-refractivity contribution in [1.29, 1.82) is 0 Å². The third-order valence-corrected chi connectivity index (χ3v) is 3.93. The van der Waals surface area contributed by atoms with E-state index in [-0.39, 0.29) is 0 Å². The second-order valence-electron chi connectivity index (χ2n) is 6.14. The highest BCUT2D eigenvalue weighted by molar-refractivity contribution is 5.18. The molecule has 0 aliphatic heterocycles. The van der Waals surface area contributed by atoms with Gasteiger partial charge in [-0.25, -0.2) is 0 Å². The van der Waals surface area contributed by atoms with Gasteiger partial charge in [-0.2, -0.15) is 0 Å². The number of rotatable bonds is 5. The van der Waals surface area contributed by atoms with Crippen molar-refractivity contribution in [3.63, 3.8) is 0 Å². The summed E-state index contributed by atoms with van der Waals surface area (Å²) in [7, 11) is 0. The Balaban J connectivity index is 4.72. The van der Waals surface area contributed by atoms with Gasteiger partial charge in [0.05, 0.1) is 0 Å². The summed E-state index contributed by atoms with van der Waals surface area (Å²) < 4.78 is 0. The SMILES string of the molecule is C=C(C)C=C(C)CC(C)(C)C(C)(C)CC. The van der Waals surface area contributed by atoms with Crippen LogP contribution in [-0.2, 0) is 0 Å². The Morgan fingerprint density at radius 1 is 1.07 bits per heavy atom. The van der Waals surface area contributed by atoms with E-state index in [1.807, 2.05) is 0 Å². The van der Waals surface area contributed by atoms with Crippen LogP contribution in [0, 0.1) is 10.8 Å². The van der Waals surface area contributed by atoms with Gasteiger partial charge in [-0.15, -0.1) is 0 Å². The molecule has 0 aromatic heterocycles. The molecule has 0 aliphatic carbocycles. The molecule has 0 bridgehead atoms. The highest BCUT2D eigenvalue weighted by Gasteiger charge is 2.35. The van der Waals surface area contributed by atoms with Crippen LogP contribution in [0.15, 0.2) is 23.8 Å². The maximum atomic E-state index is 3.93. The van der Waals surface area contributed by atoms with Crippen LogP contribution in [0.1, 0.15) is 61.3 Å². The highest BCUT2D eigenvalue weighted by Crippen LogP contribution is 2.45. The first-order chi connectivity index (χ1) is 6.62. The number of allylic oxidation sites excluding steroid dienone is 3. The highest BCUT2D eigenvalue weighted by atomic mass is 14.4. The molecule has 0 atom stereocenters. The van der Waals surface area contributed by atoms with Crippen molar-refractivity contribution in [3.05, 3.63) is 23.8 Å². The number of hydrogen-bond acceptors (Lipinski definition) is 0. The van der Waals surface area contributed by atoms with Crippen LogP contribution >= 0.6 is 0 Å². The van der Waals surface area contributed by atoms with Crippen molar-refractivity contribution in [1.82, 2.24) is 0 Å². The Morgan fingerprint density at radius 2 is 1.53 bits per heavy atom. The summed E-state index contributed by atoms with van der Waals surface area (Å²) in [6, 6.07) is 0. The predicted octanol–water partition coefficient (Wildman–Crippen LogP) is 5.36. The summed E-state index contributed by atoms with van der Waals surface area (Å²) in [4.78, 5) is 0. The van der Waals surface area contributed by atoms with E-state index in [1.165, 1.54) is 12.0 Å². The van der Waals surface area contributed by atoms with Gasteiger partial charge in [-0.3, -0.25) is 0 Å². The van der Waals surface area contributed by atoms with Crippen LogP contribution in [0.25, 0.3) is 0 Å². The minimum atomic E-state index is 0.345. The van der Waals surface area contributed by atoms with Crippen molar-refractivity contribution in [2.24, 2.45) is 10.8 Å². The molecule has 0 aromatic carbocycles. The predicted molar refractivity (Wildman–Crippen MR) is 71.0 cm³/mol. The Hall–Kier alpha value is -0.520. The van der Waals surface area contributed by atoms with Crippen LogP contribution < -0.4 is 0 Å². The van der Waals surface area contributed by atoms with E-state index in [4.69, 9.17) is 0 Å². The molecule has 0 radical (unpaired) electrons. The van der Waals surface area contributed by atoms with Crippen LogP contribution in [0.2, 0.25) is 0 Å². The first kappa shape index (κ1) is 14.5. The monoisotopic (exact) mass is 208 g/mol. The fourth-order valence-electron chi connectivity index (χ4n) is 1.89. The molecule has 0 saturated carbocycles. The third kappa shape index (κ3) is 4.24. The van der Waals surface area contributed by atoms with Gasteiger partial charge < -0.3 is 0 Å². The maximum Gasteiger partial charge on any atom is -0.0263 e. The van der Waals surface area contributed by atoms with E-state index in [0.29, 0.717) is 10.8 Å². The minimum absolute atomic E-state index is 0.345. The van der Waals surface area contributed by atoms with Crippen molar-refractivity contribution < 1.29 is 0 Å². The third-order valence-electron chi connectivity index (χ3n) is 3.93. The summed E-state index contributed by atoms with van der Waals surface area (Å²) >= 11 is 0. The van der Waals surface area contributed by atoms with Crippen molar-refractivity contribution in [2.45, 2.75) is 61.3 Å². The van der Waals surface area contributed by atoms with Gasteiger partial charge in [0.2, 0.25) is 0 Å². The molecular formula is C15H28. The molecule has 0 aliphatic rings. The minimum Gasteiger partial charge on any atom is -0.0961 e. The molecule has 0 saturated heterocycles. The van der Waals surface area contributed by atoms with Gasteiger partial charge in [0.25, 0.3) is 0 Å². The van der Waals surface area contributed by atoms with Gasteiger partial charge in [0.15, 0.2) is 0 Å². The molecule has 0 rings (SSSR count). The lowest BCUT2D eigenvalue weighted by Gasteiger charge is -2.41. The van der Waals surface area contributed by atoms with Crippen LogP contribution in [0.4, 0.5) is 0 Å². The second-order valence-corrected chi connectivity index (χ2v) is 6.14. The standard InChI is InChI=1S/C15H28/c1-9-14(5,6)15(7,8)11-13(4)10-12(2)3/h10H,2,9,11H2,1,3-8H3. The van der Waals surface area contributed by atoms with Gasteiger partial charge in [-0.1, -0.05) is 64.8 Å². The molecule has 0 aromatic rings. The molecule has 0 N–H and O–H groups in total. The van der Waals surface area contributed by atoms with E-state index >= 15 is 0 Å². The lowest BCUT2D eigenvalue weighted by molar-refractivity contribution is 0.105. The topological polar surface area (TPSA) is 0 Å². The molecule has 0 amide bonds. The Bertz CT molecular complexity index is 251. The molecule has 0 fully saturated rings. The van der Waals surface area contributed by atoms with E-state index in [0.717, 1.165) is 12.0 Å². The van der Waals surface area contributed by atoms with Crippen LogP contribution in [-0.4, -0.2) is 0 Å². The summed E-state index contributed by atoms with van der Waals surface area (Å²) in [5.41, 5.74) is 3.32. The molecule has 0 spiro atoms. The second kappa shape index (κ2) is 5.01. The van der Waals surface area contributed by atoms with E-state index in [2.05, 4.69) is 61.1 Å². The molecule has 0 nitrogen and oxygen atoms in total. The molecular weight excluding hydrogens is 180 g/mol. The Kier molecular flexibility index (Phi) is 4.83. The van der Waals surface area contributed by atoms with Crippen molar-refractivity contribution in [3.8, 4) is 0 Å². The zero-order valence-electron chi connectivity index (χ0n) is 11.7. The smallest absolute Gasteiger partial charge is 0.0263 e. The van der Waals surface area contributed by atoms with E-state index < -0.39 is 0 Å². The summed E-state index contributed by atoms with van der Waals surface area (Å²) in [5.74, 6) is 0. The first-order valence-electron chi connectivity index (χ1n) is 5.95. The van der Waals surface area contributed by atoms with Crippen LogP contribution in [0.3, 0.4) is 0 Å². The normalized spacial score (nSPS) is 14.2. The number of hydrogen-bond donors (Lipinski definition) is 0. The van der Waals surface area contributed by atoms with E-state index in [1.54, 1.807) is 0 Å². The van der Waals surface area contributed by atoms with Gasteiger partial charge in [0, 0.05) is 0 Å². The van der Waals surface area contributed by atoms with Crippen molar-refractivity contribution in [2.75, 3.05) is 0 Å². The lowest BCUT2D eigenvalue weighted by atomic mass is 9.63. The Labute approximate surface area is 96.5 Å². The van der Waals surface area contributed by atoms with Crippen molar-refractivity contribution >= 4 is 0 Å². The lowest BCUT2D eigenvalue weighted by Crippen LogP contribution is -2.32. The average Bonchev–Trinajstić information content (AvgIpc) is 2.00. The fourth-order valence-corrected chi connectivity index (χ4v) is 1.89. The summed E-state index contributed by atoms with van der Waals surface area (Å²) in [5, 5.41) is 0.